The summed E-state index contributed by atoms with van der Waals surface area (Å²) >= 11 is 0. The van der Waals surface area contributed by atoms with E-state index in [1.54, 1.807) is 6.92 Å². The van der Waals surface area contributed by atoms with Gasteiger partial charge in [-0.05, 0) is 19.1 Å². The van der Waals surface area contributed by atoms with E-state index in [1.807, 2.05) is 0 Å². The number of carbonyl (C=O) groups excluding carboxylic acids is 1. The number of amides is 1. The van der Waals surface area contributed by atoms with Gasteiger partial charge in [0.15, 0.2) is 0 Å². The van der Waals surface area contributed by atoms with Gasteiger partial charge in [-0.25, -0.2) is 10.8 Å². The molecule has 6 nitrogen and oxygen atoms in total. The lowest BCUT2D eigenvalue weighted by molar-refractivity contribution is -0.137. The minimum atomic E-state index is -4.51. The number of hydrogen-bond donors (Lipinski definition) is 3. The molecule has 0 saturated carbocycles. The number of alkyl halides is 3. The van der Waals surface area contributed by atoms with Gasteiger partial charge in [-0.3, -0.25) is 4.79 Å². The van der Waals surface area contributed by atoms with E-state index in [0.717, 1.165) is 12.1 Å². The van der Waals surface area contributed by atoms with Gasteiger partial charge in [0, 0.05) is 13.1 Å². The van der Waals surface area contributed by atoms with Crippen LogP contribution in [0.1, 0.15) is 12.5 Å². The van der Waals surface area contributed by atoms with Crippen molar-refractivity contribution < 1.29 is 18.0 Å². The lowest BCUT2D eigenvalue weighted by Crippen LogP contribution is -2.54. The van der Waals surface area contributed by atoms with E-state index >= 15 is 0 Å². The molecule has 1 aromatic rings. The van der Waals surface area contributed by atoms with Crippen molar-refractivity contribution in [2.75, 3.05) is 23.4 Å². The number of anilines is 2. The Labute approximate surface area is 113 Å². The maximum absolute atomic E-state index is 12.8. The molecule has 9 heteroatoms. The van der Waals surface area contributed by atoms with Gasteiger partial charge in [-0.2, -0.15) is 13.2 Å². The number of carbonyl (C=O) groups is 1. The summed E-state index contributed by atoms with van der Waals surface area (Å²) in [5.41, 5.74) is 1.24. The molecule has 0 aromatic carbocycles. The summed E-state index contributed by atoms with van der Waals surface area (Å²) in [6.45, 7) is 2.34. The van der Waals surface area contributed by atoms with Crippen LogP contribution in [0.25, 0.3) is 0 Å². The number of piperazine rings is 1. The van der Waals surface area contributed by atoms with E-state index in [1.165, 1.54) is 4.90 Å². The average Bonchev–Trinajstić information content (AvgIpc) is 2.40. The van der Waals surface area contributed by atoms with Crippen LogP contribution in [-0.2, 0) is 11.0 Å². The van der Waals surface area contributed by atoms with E-state index in [9.17, 15) is 18.0 Å². The Kier molecular flexibility index (Phi) is 3.71. The Morgan fingerprint density at radius 2 is 2.20 bits per heavy atom. The zero-order chi connectivity index (χ0) is 14.9. The maximum atomic E-state index is 12.8. The summed E-state index contributed by atoms with van der Waals surface area (Å²) in [6, 6.07) is 1.14. The van der Waals surface area contributed by atoms with Crippen LogP contribution in [0.5, 0.6) is 0 Å². The van der Waals surface area contributed by atoms with Gasteiger partial charge in [-0.15, -0.1) is 0 Å². The van der Waals surface area contributed by atoms with Crippen LogP contribution in [0.2, 0.25) is 0 Å². The van der Waals surface area contributed by atoms with Crippen molar-refractivity contribution in [3.63, 3.8) is 0 Å². The first-order chi connectivity index (χ1) is 9.32. The smallest absolute Gasteiger partial charge is 0.353 e. The highest BCUT2D eigenvalue weighted by molar-refractivity contribution is 5.85. The van der Waals surface area contributed by atoms with Gasteiger partial charge in [0.2, 0.25) is 5.91 Å². The van der Waals surface area contributed by atoms with Gasteiger partial charge in [0.25, 0.3) is 0 Å². The summed E-state index contributed by atoms with van der Waals surface area (Å²) in [7, 11) is 0. The van der Waals surface area contributed by atoms with Crippen LogP contribution in [0.15, 0.2) is 12.1 Å². The molecule has 0 aliphatic carbocycles. The van der Waals surface area contributed by atoms with Gasteiger partial charge in [0.05, 0.1) is 5.56 Å². The van der Waals surface area contributed by atoms with Gasteiger partial charge < -0.3 is 15.6 Å². The van der Waals surface area contributed by atoms with Crippen molar-refractivity contribution in [3.05, 3.63) is 17.7 Å². The molecule has 1 fully saturated rings. The molecule has 1 aliphatic heterocycles. The normalized spacial score (nSPS) is 19.8. The molecule has 110 valence electrons. The Morgan fingerprint density at radius 3 is 2.80 bits per heavy atom. The molecule has 0 spiro atoms. The van der Waals surface area contributed by atoms with Crippen LogP contribution in [0, 0.1) is 0 Å². The Balaban J connectivity index is 2.42. The molecule has 20 heavy (non-hydrogen) atoms. The highest BCUT2D eigenvalue weighted by atomic mass is 19.4. The predicted molar refractivity (Wildman–Crippen MR) is 66.9 cm³/mol. The zero-order valence-electron chi connectivity index (χ0n) is 10.7. The predicted octanol–water partition coefficient (Wildman–Crippen LogP) is 0.711. The molecule has 0 bridgehead atoms. The van der Waals surface area contributed by atoms with Crippen molar-refractivity contribution in [2.24, 2.45) is 5.84 Å². The van der Waals surface area contributed by atoms with Crippen molar-refractivity contribution in [1.82, 2.24) is 10.3 Å². The third-order valence-electron chi connectivity index (χ3n) is 3.08. The second kappa shape index (κ2) is 5.16. The zero-order valence-corrected chi connectivity index (χ0v) is 10.7. The van der Waals surface area contributed by atoms with Crippen molar-refractivity contribution in [1.29, 1.82) is 0 Å². The molecular formula is C11H14F3N5O. The molecule has 1 saturated heterocycles. The molecule has 1 atom stereocenters. The highest BCUT2D eigenvalue weighted by Gasteiger charge is 2.34. The van der Waals surface area contributed by atoms with Crippen LogP contribution >= 0.6 is 0 Å². The molecule has 1 aromatic heterocycles. The largest absolute Gasteiger partial charge is 0.416 e. The molecule has 1 unspecified atom stereocenters. The van der Waals surface area contributed by atoms with E-state index in [0.29, 0.717) is 13.1 Å². The number of nitrogen functional groups attached to an aromatic ring is 1. The second-order valence-electron chi connectivity index (χ2n) is 4.40. The SMILES string of the molecule is CC1C(=O)NCCN1c1cc(C(F)(F)F)cc(NN)n1. The maximum Gasteiger partial charge on any atom is 0.416 e. The van der Waals surface area contributed by atoms with Crippen LogP contribution in [0.3, 0.4) is 0 Å². The van der Waals surface area contributed by atoms with Crippen molar-refractivity contribution in [2.45, 2.75) is 19.1 Å². The second-order valence-corrected chi connectivity index (χ2v) is 4.40. The Morgan fingerprint density at radius 1 is 1.50 bits per heavy atom. The van der Waals surface area contributed by atoms with Gasteiger partial charge in [-0.1, -0.05) is 0 Å². The van der Waals surface area contributed by atoms with Crippen LogP contribution in [-0.4, -0.2) is 30.0 Å². The lowest BCUT2D eigenvalue weighted by atomic mass is 10.1. The number of rotatable bonds is 2. The van der Waals surface area contributed by atoms with E-state index < -0.39 is 17.8 Å². The fourth-order valence-electron chi connectivity index (χ4n) is 2.00. The van der Waals surface area contributed by atoms with Gasteiger partial charge in [0.1, 0.15) is 17.7 Å². The summed E-state index contributed by atoms with van der Waals surface area (Å²) in [5.74, 6) is 4.85. The number of pyridine rings is 1. The minimum absolute atomic E-state index is 0.0649. The van der Waals surface area contributed by atoms with Crippen LogP contribution < -0.4 is 21.5 Å². The Bertz CT molecular complexity index is 519. The first-order valence-electron chi connectivity index (χ1n) is 5.93. The van der Waals surface area contributed by atoms with E-state index in [2.05, 4.69) is 15.7 Å². The van der Waals surface area contributed by atoms with E-state index in [-0.39, 0.29) is 17.5 Å². The first kappa shape index (κ1) is 14.4. The Hall–Kier alpha value is -2.03. The summed E-state index contributed by atoms with van der Waals surface area (Å²) in [6.07, 6.45) is -4.51. The molecular weight excluding hydrogens is 275 g/mol. The molecule has 0 radical (unpaired) electrons. The number of nitrogens with one attached hydrogen (secondary N) is 2. The van der Waals surface area contributed by atoms with Crippen molar-refractivity contribution >= 4 is 17.5 Å². The van der Waals surface area contributed by atoms with E-state index in [4.69, 9.17) is 5.84 Å². The van der Waals surface area contributed by atoms with Crippen LogP contribution in [0.4, 0.5) is 24.8 Å². The third-order valence-corrected chi connectivity index (χ3v) is 3.08. The standard InChI is InChI=1S/C11H14F3N5O/c1-6-10(20)16-2-3-19(6)9-5-7(11(12,13)14)4-8(17-9)18-15/h4-6H,2-3,15H2,1H3,(H,16,20)(H,17,18). The first-order valence-corrected chi connectivity index (χ1v) is 5.93. The summed E-state index contributed by atoms with van der Waals surface area (Å²) in [4.78, 5) is 17.1. The number of nitrogens with two attached hydrogens (primary N) is 1. The highest BCUT2D eigenvalue weighted by Crippen LogP contribution is 2.33. The van der Waals surface area contributed by atoms with Crippen molar-refractivity contribution in [3.8, 4) is 0 Å². The molecule has 2 rings (SSSR count). The fraction of sp³-hybridized carbons (Fsp3) is 0.455. The average molecular weight is 289 g/mol. The number of hydrazine groups is 1. The lowest BCUT2D eigenvalue weighted by Gasteiger charge is -2.34. The van der Waals surface area contributed by atoms with Gasteiger partial charge >= 0.3 is 6.18 Å². The molecule has 1 aliphatic rings. The topological polar surface area (TPSA) is 83.3 Å². The number of aromatic nitrogens is 1. The fourth-order valence-corrected chi connectivity index (χ4v) is 2.00. The summed E-state index contributed by atoms with van der Waals surface area (Å²) < 4.78 is 38.5. The molecule has 2 heterocycles. The quantitative estimate of drug-likeness (QED) is 0.552. The minimum Gasteiger partial charge on any atom is -0.353 e. The molecule has 1 amide bonds. The number of nitrogens with zero attached hydrogens (tertiary/aromatic N) is 2. The monoisotopic (exact) mass is 289 g/mol. The number of hydrogen-bond acceptors (Lipinski definition) is 5. The molecule has 4 N–H and O–H groups in total. The number of halogens is 3. The third kappa shape index (κ3) is 2.77. The summed E-state index contributed by atoms with van der Waals surface area (Å²) in [5, 5.41) is 2.63.